The fourth-order valence-electron chi connectivity index (χ4n) is 11.8. The summed E-state index contributed by atoms with van der Waals surface area (Å²) in [6.07, 6.45) is -0.451. The zero-order valence-corrected chi connectivity index (χ0v) is 55.1. The number of carboxylic acid groups (broad SMARTS) is 1. The number of aliphatic hydroxyl groups is 8. The molecule has 6 aromatic heterocycles. The molecule has 536 valence electrons. The van der Waals surface area contributed by atoms with Gasteiger partial charge in [0.1, 0.15) is 71.9 Å². The highest BCUT2D eigenvalue weighted by Gasteiger charge is 2.38. The lowest BCUT2D eigenvalue weighted by Crippen LogP contribution is -2.28. The summed E-state index contributed by atoms with van der Waals surface area (Å²) < 4.78 is 62.4. The van der Waals surface area contributed by atoms with Crippen LogP contribution >= 0.6 is 0 Å². The van der Waals surface area contributed by atoms with E-state index in [1.807, 2.05) is 60.0 Å². The first-order valence-corrected chi connectivity index (χ1v) is 32.1. The minimum atomic E-state index is -1.62. The van der Waals surface area contributed by atoms with Gasteiger partial charge in [-0.25, -0.2) is 19.7 Å². The summed E-state index contributed by atoms with van der Waals surface area (Å²) in [6.45, 7) is 0.695. The molecule has 32 nitrogen and oxygen atoms in total. The third-order valence-corrected chi connectivity index (χ3v) is 17.2. The number of anilines is 1. The third-order valence-electron chi connectivity index (χ3n) is 17.2. The normalized spacial score (nSPS) is 23.1. The van der Waals surface area contributed by atoms with Crippen LogP contribution in [0, 0.1) is 10.1 Å². The number of nitrogens with zero attached hydrogens (tertiary/aromatic N) is 8. The summed E-state index contributed by atoms with van der Waals surface area (Å²) in [7, 11) is 7.17. The number of methoxy groups -OCH3 is 2. The summed E-state index contributed by atoms with van der Waals surface area (Å²) >= 11 is 0. The van der Waals surface area contributed by atoms with Gasteiger partial charge < -0.3 is 111 Å². The van der Waals surface area contributed by atoms with Gasteiger partial charge >= 0.3 is 5.63 Å². The summed E-state index contributed by atoms with van der Waals surface area (Å²) in [5.41, 5.74) is 6.78. The second-order valence-electron chi connectivity index (χ2n) is 24.1. The number of aromatic nitrogens is 6. The Balaban J connectivity index is 0.000000136. The molecule has 4 aliphatic rings. The van der Waals surface area contributed by atoms with E-state index in [0.29, 0.717) is 108 Å². The van der Waals surface area contributed by atoms with E-state index in [1.54, 1.807) is 63.3 Å². The van der Waals surface area contributed by atoms with Crippen molar-refractivity contribution in [2.75, 3.05) is 86.1 Å². The molecule has 0 amide bonds. The Morgan fingerprint density at radius 3 is 1.62 bits per heavy atom. The predicted octanol–water partition coefficient (Wildman–Crippen LogP) is 4.19. The molecule has 0 aliphatic carbocycles. The van der Waals surface area contributed by atoms with Crippen LogP contribution in [0.4, 0.5) is 11.4 Å². The average molecular weight is 1400 g/mol. The summed E-state index contributed by atoms with van der Waals surface area (Å²) in [5, 5.41) is 98.5. The smallest absolute Gasteiger partial charge is 0.345 e. The van der Waals surface area contributed by atoms with Crippen LogP contribution in [0.1, 0.15) is 77.3 Å². The van der Waals surface area contributed by atoms with E-state index in [2.05, 4.69) is 24.9 Å². The van der Waals surface area contributed by atoms with E-state index >= 15 is 0 Å². The zero-order valence-electron chi connectivity index (χ0n) is 55.1. The summed E-state index contributed by atoms with van der Waals surface area (Å²) in [6, 6.07) is 27.0. The van der Waals surface area contributed by atoms with E-state index in [1.165, 1.54) is 30.3 Å². The van der Waals surface area contributed by atoms with Gasteiger partial charge in [-0.3, -0.25) is 20.1 Å². The van der Waals surface area contributed by atoms with Gasteiger partial charge in [0, 0.05) is 102 Å². The molecule has 4 unspecified atom stereocenters. The Morgan fingerprint density at radius 1 is 0.594 bits per heavy atom. The maximum atomic E-state index is 11.6. The van der Waals surface area contributed by atoms with E-state index in [4.69, 9.17) is 61.4 Å². The quantitative estimate of drug-likeness (QED) is 0.0216. The van der Waals surface area contributed by atoms with Crippen molar-refractivity contribution in [3.63, 3.8) is 0 Å². The lowest BCUT2D eigenvalue weighted by molar-refractivity contribution is -0.384. The van der Waals surface area contributed by atoms with Crippen molar-refractivity contribution in [2.45, 2.75) is 99.1 Å². The van der Waals surface area contributed by atoms with Crippen LogP contribution in [0.3, 0.4) is 0 Å². The molecule has 4 aliphatic heterocycles. The maximum absolute atomic E-state index is 11.6. The Labute approximate surface area is 574 Å². The van der Waals surface area contributed by atoms with Crippen LogP contribution in [0.2, 0.25) is 0 Å². The number of aromatic carboxylic acids is 1. The van der Waals surface area contributed by atoms with E-state index in [0.717, 1.165) is 27.8 Å². The molecule has 4 saturated heterocycles. The second-order valence-corrected chi connectivity index (χ2v) is 24.1. The van der Waals surface area contributed by atoms with Gasteiger partial charge in [0.25, 0.3) is 5.69 Å². The molecule has 0 saturated carbocycles. The molecule has 10 heterocycles. The molecule has 4 aromatic carbocycles. The van der Waals surface area contributed by atoms with Crippen molar-refractivity contribution >= 4 is 61.5 Å². The van der Waals surface area contributed by atoms with Gasteiger partial charge in [0.05, 0.1) is 122 Å². The summed E-state index contributed by atoms with van der Waals surface area (Å²) in [4.78, 5) is 56.8. The molecule has 32 heteroatoms. The number of benzene rings is 4. The lowest BCUT2D eigenvalue weighted by Gasteiger charge is -2.16. The lowest BCUT2D eigenvalue weighted by atomic mass is 10.00. The SMILES string of the molecule is CN(C)c1ccc2nc(-c3ccc([C@H]4CC(O)[C@@H](CO)O4)cn3)oc2c1.COCCOc1cc2ncn([C@H]3CC(O)[C@@H](CO)O3)c2cc1OCCOC.O=C([O-])c1cc2c([C@H]3CC(O)[C@@H](CO)O3)cccc2oc1=O.O=[N+]([O-])c1ccc2nc(-c3ccc([C@H]4CC(O)[C@@H](CO)O4)cn3)oc2c1. The molecular formula is C69H75N8O24-. The van der Waals surface area contributed by atoms with Crippen molar-refractivity contribution in [3.05, 3.63) is 159 Å². The third kappa shape index (κ3) is 16.8. The van der Waals surface area contributed by atoms with Crippen molar-refractivity contribution in [2.24, 2.45) is 0 Å². The molecule has 10 aromatic rings. The van der Waals surface area contributed by atoms with Crippen LogP contribution in [0.15, 0.2) is 134 Å². The fraction of sp³-hybridized carbons (Fsp3) is 0.406. The van der Waals surface area contributed by atoms with Gasteiger partial charge in [-0.1, -0.05) is 24.3 Å². The molecule has 0 spiro atoms. The molecular weight excluding hydrogens is 1320 g/mol. The van der Waals surface area contributed by atoms with E-state index < -0.39 is 83.2 Å². The Bertz CT molecular complexity index is 4510. The van der Waals surface area contributed by atoms with E-state index in [9.17, 15) is 55.4 Å². The molecule has 12 atom stereocenters. The van der Waals surface area contributed by atoms with Gasteiger partial charge in [-0.2, -0.15) is 0 Å². The Kier molecular flexibility index (Phi) is 23.7. The number of ether oxygens (including phenoxy) is 8. The molecule has 4 fully saturated rings. The Hall–Kier alpha value is -9.49. The minimum Gasteiger partial charge on any atom is -0.545 e. The average Bonchev–Trinajstić information content (AvgIpc) is 1.67. The van der Waals surface area contributed by atoms with Crippen molar-refractivity contribution in [3.8, 4) is 34.7 Å². The molecule has 8 N–H and O–H groups in total. The summed E-state index contributed by atoms with van der Waals surface area (Å²) in [5.74, 6) is 0.234. The highest BCUT2D eigenvalue weighted by molar-refractivity contribution is 5.91. The predicted molar refractivity (Wildman–Crippen MR) is 354 cm³/mol. The van der Waals surface area contributed by atoms with Crippen molar-refractivity contribution in [1.82, 2.24) is 29.5 Å². The maximum Gasteiger partial charge on any atom is 0.345 e. The number of oxazole rings is 2. The van der Waals surface area contributed by atoms with Crippen LogP contribution < -0.4 is 25.1 Å². The zero-order chi connectivity index (χ0) is 71.6. The molecule has 14 rings (SSSR count). The van der Waals surface area contributed by atoms with Gasteiger partial charge in [0.2, 0.25) is 11.8 Å². The molecule has 0 bridgehead atoms. The number of nitro benzene ring substituents is 1. The van der Waals surface area contributed by atoms with Gasteiger partial charge in [-0.05, 0) is 59.2 Å². The first kappa shape index (κ1) is 72.8. The second kappa shape index (κ2) is 32.9. The monoisotopic (exact) mass is 1400 g/mol. The highest BCUT2D eigenvalue weighted by atomic mass is 16.6. The first-order valence-electron chi connectivity index (χ1n) is 32.1. The minimum absolute atomic E-state index is 0.0705. The number of nitro groups is 1. The van der Waals surface area contributed by atoms with Gasteiger partial charge in [-0.15, -0.1) is 0 Å². The Morgan fingerprint density at radius 2 is 1.12 bits per heavy atom. The standard InChI is InChI=1S/C19H21N3O4.C18H26N2O7.C17H15N3O6.C15H14O7/c1-22(2)12-4-6-13-17(7-12)26-19(21-13)14-5-3-11(9-20-14)16-8-15(24)18(10-23)25-16;1-23-3-5-25-15-7-12-13(8-16(15)26-6-4-24-2)20(11-19-12)18-9-14(22)17(10-21)27-18;21-8-16-13(22)6-14(25-16)9-1-3-12(18-7-9)17-19-11-4-2-10(20(23)24)5-15(11)26-17;16-6-13-10(17)5-12(21-13)7-2-1-3-11-8(7)4-9(14(18)19)15(20)22-11/h3-7,9,15-16,18,23-24H,8,10H2,1-2H3;7-8,11,14,17-18,21-22H,3-6,9-10H2,1-2H3;1-5,7,13-14,16,21-22H,6,8H2;1-4,10,12-13,16-17H,5-6H2,(H,18,19)/p-1/t15?,16-,18-;14?,17-,18-;13?,14-,16-;10?,12-,13-/m1111/s1. The first-order chi connectivity index (χ1) is 48.8. The number of aliphatic hydroxyl groups excluding tert-OH is 8. The highest BCUT2D eigenvalue weighted by Crippen LogP contribution is 2.40. The number of carbonyl (C=O) groups is 1. The van der Waals surface area contributed by atoms with Crippen LogP contribution in [-0.2, 0) is 28.4 Å². The topological polar surface area (TPSA) is 448 Å². The number of carboxylic acids is 1. The number of pyridine rings is 2. The van der Waals surface area contributed by atoms with Crippen LogP contribution in [-0.4, -0.2) is 211 Å². The number of fused-ring (bicyclic) bond motifs is 4. The van der Waals surface area contributed by atoms with E-state index in [-0.39, 0.29) is 62.2 Å². The largest absolute Gasteiger partial charge is 0.545 e. The van der Waals surface area contributed by atoms with Crippen LogP contribution in [0.25, 0.3) is 67.4 Å². The number of non-ortho nitro benzene ring substituents is 1. The fourth-order valence-corrected chi connectivity index (χ4v) is 11.8. The van der Waals surface area contributed by atoms with Gasteiger partial charge in [0.15, 0.2) is 22.7 Å². The van der Waals surface area contributed by atoms with Crippen molar-refractivity contribution < 1.29 is 107 Å². The number of imidazole rings is 1. The van der Waals surface area contributed by atoms with Crippen molar-refractivity contribution in [1.29, 1.82) is 0 Å². The molecule has 0 radical (unpaired) electrons. The van der Waals surface area contributed by atoms with Crippen LogP contribution in [0.5, 0.6) is 11.5 Å². The molecule has 101 heavy (non-hydrogen) atoms. The number of carbonyl (C=O) groups excluding carboxylic acids is 1. The number of rotatable bonds is 21. The number of hydrogen-bond donors (Lipinski definition) is 8. The number of hydrogen-bond acceptors (Lipinski definition) is 30.